The summed E-state index contributed by atoms with van der Waals surface area (Å²) in [4.78, 5) is 2.14. The van der Waals surface area contributed by atoms with E-state index in [1.54, 1.807) is 0 Å². The van der Waals surface area contributed by atoms with Gasteiger partial charge in [-0.25, -0.2) is 0 Å². The van der Waals surface area contributed by atoms with Crippen LogP contribution in [0, 0.1) is 0 Å². The molecule has 0 spiro atoms. The number of nitrogens with two attached hydrogens (primary N) is 1. The second kappa shape index (κ2) is 4.94. The van der Waals surface area contributed by atoms with Crippen molar-refractivity contribution in [2.75, 3.05) is 33.8 Å². The van der Waals surface area contributed by atoms with Gasteiger partial charge < -0.3 is 15.4 Å². The topological polar surface area (TPSA) is 38.5 Å². The van der Waals surface area contributed by atoms with Crippen LogP contribution in [0.1, 0.15) is 25.7 Å². The van der Waals surface area contributed by atoms with Gasteiger partial charge in [0, 0.05) is 13.1 Å². The van der Waals surface area contributed by atoms with E-state index in [0.29, 0.717) is 6.54 Å². The molecule has 0 aromatic carbocycles. The average molecular weight is 186 g/mol. The normalized spacial score (nSPS) is 21.2. The zero-order valence-corrected chi connectivity index (χ0v) is 8.88. The molecule has 1 saturated carbocycles. The maximum Gasteiger partial charge on any atom is 0.0804 e. The first kappa shape index (κ1) is 11.0. The molecule has 2 N–H and O–H groups in total. The van der Waals surface area contributed by atoms with Gasteiger partial charge in [0.1, 0.15) is 0 Å². The highest BCUT2D eigenvalue weighted by Gasteiger charge is 2.32. The molecule has 0 radical (unpaired) electrons. The van der Waals surface area contributed by atoms with Gasteiger partial charge in [0.15, 0.2) is 0 Å². The van der Waals surface area contributed by atoms with Crippen molar-refractivity contribution in [2.24, 2.45) is 5.73 Å². The summed E-state index contributed by atoms with van der Waals surface area (Å²) in [7, 11) is 4.13. The van der Waals surface area contributed by atoms with E-state index in [-0.39, 0.29) is 5.60 Å². The van der Waals surface area contributed by atoms with Crippen molar-refractivity contribution in [3.8, 4) is 0 Å². The lowest BCUT2D eigenvalue weighted by atomic mass is 10.0. The van der Waals surface area contributed by atoms with E-state index in [2.05, 4.69) is 19.0 Å². The molecular formula is C10H22N2O. The van der Waals surface area contributed by atoms with Crippen molar-refractivity contribution in [2.45, 2.75) is 31.3 Å². The van der Waals surface area contributed by atoms with Gasteiger partial charge in [-0.2, -0.15) is 0 Å². The SMILES string of the molecule is CN(C)CCOC1(CN)CCCC1. The van der Waals surface area contributed by atoms with Crippen LogP contribution in [0.15, 0.2) is 0 Å². The van der Waals surface area contributed by atoms with Crippen LogP contribution < -0.4 is 5.73 Å². The first-order valence-electron chi connectivity index (χ1n) is 5.17. The quantitative estimate of drug-likeness (QED) is 0.691. The molecule has 1 fully saturated rings. The number of rotatable bonds is 5. The molecule has 1 aliphatic rings. The summed E-state index contributed by atoms with van der Waals surface area (Å²) in [6.07, 6.45) is 4.85. The van der Waals surface area contributed by atoms with Crippen LogP contribution in [0.5, 0.6) is 0 Å². The molecule has 3 nitrogen and oxygen atoms in total. The number of ether oxygens (including phenoxy) is 1. The molecule has 0 bridgehead atoms. The Balaban J connectivity index is 2.23. The van der Waals surface area contributed by atoms with Gasteiger partial charge in [0.25, 0.3) is 0 Å². The third-order valence-electron chi connectivity index (χ3n) is 2.83. The molecule has 0 unspecified atom stereocenters. The summed E-state index contributed by atoms with van der Waals surface area (Å²) in [5, 5.41) is 0. The van der Waals surface area contributed by atoms with Gasteiger partial charge in [-0.3, -0.25) is 0 Å². The predicted octanol–water partition coefficient (Wildman–Crippen LogP) is 0.836. The first-order chi connectivity index (χ1) is 6.18. The van der Waals surface area contributed by atoms with Crippen LogP contribution in [-0.4, -0.2) is 44.3 Å². The third-order valence-corrected chi connectivity index (χ3v) is 2.83. The highest BCUT2D eigenvalue weighted by molar-refractivity contribution is 4.87. The minimum Gasteiger partial charge on any atom is -0.372 e. The molecule has 1 aliphatic carbocycles. The van der Waals surface area contributed by atoms with Gasteiger partial charge >= 0.3 is 0 Å². The Kier molecular flexibility index (Phi) is 4.16. The molecule has 3 heteroatoms. The van der Waals surface area contributed by atoms with Crippen molar-refractivity contribution >= 4 is 0 Å². The van der Waals surface area contributed by atoms with Crippen LogP contribution in [0.3, 0.4) is 0 Å². The van der Waals surface area contributed by atoms with E-state index >= 15 is 0 Å². The highest BCUT2D eigenvalue weighted by Crippen LogP contribution is 2.31. The molecule has 0 saturated heterocycles. The lowest BCUT2D eigenvalue weighted by molar-refractivity contribution is -0.0380. The molecular weight excluding hydrogens is 164 g/mol. The largest absolute Gasteiger partial charge is 0.372 e. The molecule has 0 atom stereocenters. The van der Waals surface area contributed by atoms with Gasteiger partial charge in [0.05, 0.1) is 12.2 Å². The van der Waals surface area contributed by atoms with Crippen molar-refractivity contribution in [1.29, 1.82) is 0 Å². The summed E-state index contributed by atoms with van der Waals surface area (Å²) in [6, 6.07) is 0. The summed E-state index contributed by atoms with van der Waals surface area (Å²) < 4.78 is 5.88. The van der Waals surface area contributed by atoms with Crippen LogP contribution in [0.4, 0.5) is 0 Å². The van der Waals surface area contributed by atoms with Crippen molar-refractivity contribution < 1.29 is 4.74 Å². The Morgan fingerprint density at radius 3 is 2.38 bits per heavy atom. The van der Waals surface area contributed by atoms with Crippen molar-refractivity contribution in [1.82, 2.24) is 4.90 Å². The van der Waals surface area contributed by atoms with Gasteiger partial charge in [-0.05, 0) is 26.9 Å². The molecule has 13 heavy (non-hydrogen) atoms. The maximum absolute atomic E-state index is 5.88. The number of nitrogens with zero attached hydrogens (tertiary/aromatic N) is 1. The number of likely N-dealkylation sites (N-methyl/N-ethyl adjacent to an activating group) is 1. The van der Waals surface area contributed by atoms with Gasteiger partial charge in [-0.15, -0.1) is 0 Å². The maximum atomic E-state index is 5.88. The number of hydrogen-bond donors (Lipinski definition) is 1. The average Bonchev–Trinajstić information content (AvgIpc) is 2.53. The van der Waals surface area contributed by atoms with Gasteiger partial charge in [0.2, 0.25) is 0 Å². The Morgan fingerprint density at radius 2 is 1.92 bits per heavy atom. The minimum absolute atomic E-state index is 0.0238. The molecule has 0 aromatic rings. The Bertz CT molecular complexity index is 142. The van der Waals surface area contributed by atoms with Gasteiger partial charge in [-0.1, -0.05) is 12.8 Å². The Morgan fingerprint density at radius 1 is 1.31 bits per heavy atom. The fourth-order valence-corrected chi connectivity index (χ4v) is 1.87. The standard InChI is InChI=1S/C10H22N2O/c1-12(2)7-8-13-10(9-11)5-3-4-6-10/h3-9,11H2,1-2H3. The summed E-state index contributed by atoms with van der Waals surface area (Å²) in [6.45, 7) is 2.48. The van der Waals surface area contributed by atoms with E-state index in [1.165, 1.54) is 12.8 Å². The molecule has 0 heterocycles. The first-order valence-corrected chi connectivity index (χ1v) is 5.17. The van der Waals surface area contributed by atoms with E-state index < -0.39 is 0 Å². The number of hydrogen-bond acceptors (Lipinski definition) is 3. The smallest absolute Gasteiger partial charge is 0.0804 e. The molecule has 1 rings (SSSR count). The fraction of sp³-hybridized carbons (Fsp3) is 1.00. The molecule has 0 amide bonds. The second-order valence-electron chi connectivity index (χ2n) is 4.25. The third kappa shape index (κ3) is 3.25. The van der Waals surface area contributed by atoms with Crippen LogP contribution >= 0.6 is 0 Å². The Hall–Kier alpha value is -0.120. The van der Waals surface area contributed by atoms with Crippen molar-refractivity contribution in [3.63, 3.8) is 0 Å². The minimum atomic E-state index is 0.0238. The van der Waals surface area contributed by atoms with Crippen molar-refractivity contribution in [3.05, 3.63) is 0 Å². The van der Waals surface area contributed by atoms with E-state index in [9.17, 15) is 0 Å². The Labute approximate surface area is 81.2 Å². The molecule has 0 aliphatic heterocycles. The lowest BCUT2D eigenvalue weighted by Crippen LogP contribution is -2.39. The summed E-state index contributed by atoms with van der Waals surface area (Å²) in [5.41, 5.74) is 5.77. The van der Waals surface area contributed by atoms with E-state index in [1.807, 2.05) is 0 Å². The summed E-state index contributed by atoms with van der Waals surface area (Å²) >= 11 is 0. The molecule has 78 valence electrons. The van der Waals surface area contributed by atoms with Crippen LogP contribution in [-0.2, 0) is 4.74 Å². The second-order valence-corrected chi connectivity index (χ2v) is 4.25. The zero-order valence-electron chi connectivity index (χ0n) is 8.88. The fourth-order valence-electron chi connectivity index (χ4n) is 1.87. The summed E-state index contributed by atoms with van der Waals surface area (Å²) in [5.74, 6) is 0. The predicted molar refractivity (Wildman–Crippen MR) is 54.8 cm³/mol. The lowest BCUT2D eigenvalue weighted by Gasteiger charge is -2.28. The van der Waals surface area contributed by atoms with Crippen LogP contribution in [0.25, 0.3) is 0 Å². The van der Waals surface area contributed by atoms with E-state index in [4.69, 9.17) is 10.5 Å². The highest BCUT2D eigenvalue weighted by atomic mass is 16.5. The van der Waals surface area contributed by atoms with Crippen LogP contribution in [0.2, 0.25) is 0 Å². The molecule has 0 aromatic heterocycles. The zero-order chi connectivity index (χ0) is 9.73. The monoisotopic (exact) mass is 186 g/mol. The van der Waals surface area contributed by atoms with E-state index in [0.717, 1.165) is 26.0 Å².